The van der Waals surface area contributed by atoms with Gasteiger partial charge >= 0.3 is 0 Å². The lowest BCUT2D eigenvalue weighted by Crippen LogP contribution is -2.36. The fourth-order valence-electron chi connectivity index (χ4n) is 2.71. The highest BCUT2D eigenvalue weighted by Gasteiger charge is 2.37. The summed E-state index contributed by atoms with van der Waals surface area (Å²) in [5.41, 5.74) is 2.31. The van der Waals surface area contributed by atoms with Gasteiger partial charge in [0.1, 0.15) is 5.60 Å². The maximum Gasteiger partial charge on any atom is 0.111 e. The molecule has 0 radical (unpaired) electrons. The quantitative estimate of drug-likeness (QED) is 0.818. The van der Waals surface area contributed by atoms with Crippen LogP contribution in [0.4, 0.5) is 0 Å². The van der Waals surface area contributed by atoms with Crippen LogP contribution in [0, 0.1) is 5.92 Å². The molecule has 1 aromatic carbocycles. The van der Waals surface area contributed by atoms with Crippen molar-refractivity contribution in [2.45, 2.75) is 32.3 Å². The zero-order valence-electron chi connectivity index (χ0n) is 11.6. The number of hydrogen-bond acceptors (Lipinski definition) is 2. The average molecular weight is 258 g/mol. The van der Waals surface area contributed by atoms with E-state index in [1.165, 1.54) is 5.56 Å². The van der Waals surface area contributed by atoms with E-state index >= 15 is 0 Å². The van der Waals surface area contributed by atoms with E-state index in [2.05, 4.69) is 13.0 Å². The summed E-state index contributed by atoms with van der Waals surface area (Å²) in [5.74, 6) is 0.195. The second-order valence-electron chi connectivity index (χ2n) is 5.39. The lowest BCUT2D eigenvalue weighted by atomic mass is 9.72. The highest BCUT2D eigenvalue weighted by Crippen LogP contribution is 2.40. The zero-order chi connectivity index (χ0) is 13.9. The summed E-state index contributed by atoms with van der Waals surface area (Å²) in [6, 6.07) is 8.11. The van der Waals surface area contributed by atoms with Gasteiger partial charge in [0.15, 0.2) is 0 Å². The SMILES string of the molecule is CC(=C/CO)/C=C/[C@@]1(O)c2ccccc2CC[C@H]1C. The molecule has 1 aliphatic carbocycles. The van der Waals surface area contributed by atoms with E-state index in [-0.39, 0.29) is 12.5 Å². The number of hydrogen-bond donors (Lipinski definition) is 2. The molecule has 0 fully saturated rings. The molecule has 0 unspecified atom stereocenters. The normalized spacial score (nSPS) is 27.6. The first-order valence-electron chi connectivity index (χ1n) is 6.85. The van der Waals surface area contributed by atoms with Gasteiger partial charge in [-0.25, -0.2) is 0 Å². The van der Waals surface area contributed by atoms with Crippen molar-refractivity contribution in [3.8, 4) is 0 Å². The van der Waals surface area contributed by atoms with Gasteiger partial charge in [-0.3, -0.25) is 0 Å². The lowest BCUT2D eigenvalue weighted by Gasteiger charge is -2.38. The fourth-order valence-corrected chi connectivity index (χ4v) is 2.71. The molecule has 0 aliphatic heterocycles. The molecule has 19 heavy (non-hydrogen) atoms. The summed E-state index contributed by atoms with van der Waals surface area (Å²) in [6.45, 7) is 4.04. The Kier molecular flexibility index (Phi) is 4.23. The second-order valence-corrected chi connectivity index (χ2v) is 5.39. The Balaban J connectivity index is 2.38. The average Bonchev–Trinajstić information content (AvgIpc) is 2.42. The van der Waals surface area contributed by atoms with E-state index in [1.54, 1.807) is 6.08 Å². The minimum Gasteiger partial charge on any atom is -0.392 e. The van der Waals surface area contributed by atoms with Crippen LogP contribution >= 0.6 is 0 Å². The number of aryl methyl sites for hydroxylation is 1. The van der Waals surface area contributed by atoms with Crippen LogP contribution in [0.3, 0.4) is 0 Å². The summed E-state index contributed by atoms with van der Waals surface area (Å²) in [4.78, 5) is 0. The molecule has 2 nitrogen and oxygen atoms in total. The van der Waals surface area contributed by atoms with E-state index < -0.39 is 5.60 Å². The Morgan fingerprint density at radius 2 is 2.16 bits per heavy atom. The van der Waals surface area contributed by atoms with Gasteiger partial charge in [-0.1, -0.05) is 48.9 Å². The van der Waals surface area contributed by atoms with Crippen LogP contribution in [0.1, 0.15) is 31.4 Å². The monoisotopic (exact) mass is 258 g/mol. The molecule has 0 spiro atoms. The van der Waals surface area contributed by atoms with Crippen molar-refractivity contribution in [2.75, 3.05) is 6.61 Å². The van der Waals surface area contributed by atoms with Crippen LogP contribution in [0.5, 0.6) is 0 Å². The van der Waals surface area contributed by atoms with Crippen molar-refractivity contribution < 1.29 is 10.2 Å². The third kappa shape index (κ3) is 2.80. The molecule has 0 amide bonds. The van der Waals surface area contributed by atoms with Crippen molar-refractivity contribution >= 4 is 0 Å². The number of benzene rings is 1. The Hall–Kier alpha value is -1.38. The van der Waals surface area contributed by atoms with Crippen LogP contribution in [-0.2, 0) is 12.0 Å². The molecule has 2 atom stereocenters. The first-order chi connectivity index (χ1) is 9.08. The van der Waals surface area contributed by atoms with Crippen LogP contribution in [-0.4, -0.2) is 16.8 Å². The number of fused-ring (bicyclic) bond motifs is 1. The third-order valence-electron chi connectivity index (χ3n) is 4.06. The van der Waals surface area contributed by atoms with Crippen molar-refractivity contribution in [1.29, 1.82) is 0 Å². The van der Waals surface area contributed by atoms with E-state index in [0.717, 1.165) is 24.0 Å². The first-order valence-corrected chi connectivity index (χ1v) is 6.85. The van der Waals surface area contributed by atoms with E-state index in [9.17, 15) is 5.11 Å². The van der Waals surface area contributed by atoms with Crippen LogP contribution in [0.15, 0.2) is 48.1 Å². The van der Waals surface area contributed by atoms with E-state index in [0.29, 0.717) is 0 Å². The molecule has 102 valence electrons. The molecule has 0 heterocycles. The van der Waals surface area contributed by atoms with Crippen molar-refractivity contribution in [3.05, 3.63) is 59.2 Å². The molecule has 0 bridgehead atoms. The maximum atomic E-state index is 11.0. The second kappa shape index (κ2) is 5.72. The van der Waals surface area contributed by atoms with Gasteiger partial charge in [0.2, 0.25) is 0 Å². The summed E-state index contributed by atoms with van der Waals surface area (Å²) in [5, 5.41) is 19.9. The summed E-state index contributed by atoms with van der Waals surface area (Å²) >= 11 is 0. The minimum atomic E-state index is -0.903. The highest BCUT2D eigenvalue weighted by molar-refractivity contribution is 5.39. The third-order valence-corrected chi connectivity index (χ3v) is 4.06. The predicted octanol–water partition coefficient (Wildman–Crippen LogP) is 2.95. The Bertz CT molecular complexity index is 502. The van der Waals surface area contributed by atoms with E-state index in [4.69, 9.17) is 5.11 Å². The molecule has 0 saturated carbocycles. The topological polar surface area (TPSA) is 40.5 Å². The van der Waals surface area contributed by atoms with Gasteiger partial charge in [-0.2, -0.15) is 0 Å². The minimum absolute atomic E-state index is 0.0285. The number of aliphatic hydroxyl groups is 2. The standard InChI is InChI=1S/C17H22O2/c1-13(10-12-18)9-11-17(19)14(2)7-8-15-5-3-4-6-16(15)17/h3-6,9-11,14,18-19H,7-8,12H2,1-2H3/b11-9+,13-10-/t14-,17+/m1/s1. The lowest BCUT2D eigenvalue weighted by molar-refractivity contribution is 0.0202. The van der Waals surface area contributed by atoms with Gasteiger partial charge in [-0.15, -0.1) is 0 Å². The highest BCUT2D eigenvalue weighted by atomic mass is 16.3. The molecule has 2 N–H and O–H groups in total. The number of aliphatic hydroxyl groups excluding tert-OH is 1. The van der Waals surface area contributed by atoms with Crippen LogP contribution in [0.2, 0.25) is 0 Å². The molecule has 1 aliphatic rings. The number of allylic oxidation sites excluding steroid dienone is 2. The van der Waals surface area contributed by atoms with Gasteiger partial charge < -0.3 is 10.2 Å². The Labute approximate surface area is 115 Å². The van der Waals surface area contributed by atoms with Crippen molar-refractivity contribution in [1.82, 2.24) is 0 Å². The number of rotatable bonds is 3. The zero-order valence-corrected chi connectivity index (χ0v) is 11.6. The van der Waals surface area contributed by atoms with Crippen molar-refractivity contribution in [2.24, 2.45) is 5.92 Å². The summed E-state index contributed by atoms with van der Waals surface area (Å²) < 4.78 is 0. The van der Waals surface area contributed by atoms with Crippen LogP contribution in [0.25, 0.3) is 0 Å². The molecule has 0 aromatic heterocycles. The molecule has 2 rings (SSSR count). The summed E-state index contributed by atoms with van der Waals surface area (Å²) in [6.07, 6.45) is 7.52. The molecular weight excluding hydrogens is 236 g/mol. The molecule has 1 aromatic rings. The Morgan fingerprint density at radius 1 is 1.42 bits per heavy atom. The van der Waals surface area contributed by atoms with E-state index in [1.807, 2.05) is 37.3 Å². The van der Waals surface area contributed by atoms with Gasteiger partial charge in [0, 0.05) is 0 Å². The maximum absolute atomic E-state index is 11.0. The molecular formula is C17H22O2. The van der Waals surface area contributed by atoms with Crippen LogP contribution < -0.4 is 0 Å². The van der Waals surface area contributed by atoms with Gasteiger partial charge in [0.05, 0.1) is 6.61 Å². The van der Waals surface area contributed by atoms with Gasteiger partial charge in [0.25, 0.3) is 0 Å². The molecule has 2 heteroatoms. The predicted molar refractivity (Wildman–Crippen MR) is 77.8 cm³/mol. The van der Waals surface area contributed by atoms with Gasteiger partial charge in [-0.05, 0) is 42.9 Å². The first kappa shape index (κ1) is 14.0. The Morgan fingerprint density at radius 3 is 2.89 bits per heavy atom. The largest absolute Gasteiger partial charge is 0.392 e. The van der Waals surface area contributed by atoms with Crippen molar-refractivity contribution in [3.63, 3.8) is 0 Å². The molecule has 0 saturated heterocycles. The summed E-state index contributed by atoms with van der Waals surface area (Å²) in [7, 11) is 0. The fraction of sp³-hybridized carbons (Fsp3) is 0.412. The smallest absolute Gasteiger partial charge is 0.111 e.